The molecule has 0 aliphatic heterocycles. The van der Waals surface area contributed by atoms with Crippen LogP contribution in [0.15, 0.2) is 0 Å². The molecule has 0 saturated heterocycles. The lowest BCUT2D eigenvalue weighted by molar-refractivity contribution is 0.204. The van der Waals surface area contributed by atoms with E-state index in [9.17, 15) is 10.5 Å². The Kier molecular flexibility index (Phi) is 4.68. The van der Waals surface area contributed by atoms with Gasteiger partial charge in [0.05, 0.1) is 41.7 Å². The molecule has 0 amide bonds. The Hall–Kier alpha value is -2.55. The van der Waals surface area contributed by atoms with E-state index < -0.39 is 16.7 Å². The van der Waals surface area contributed by atoms with Gasteiger partial charge in [0.15, 0.2) is 5.41 Å². The van der Waals surface area contributed by atoms with Crippen LogP contribution in [0, 0.1) is 73.4 Å². The molecule has 5 nitrogen and oxygen atoms in total. The van der Waals surface area contributed by atoms with Crippen LogP contribution in [-0.2, 0) is 0 Å². The van der Waals surface area contributed by atoms with E-state index in [1.165, 1.54) is 13.8 Å². The molecule has 0 bridgehead atoms. The molecule has 0 aromatic rings. The largest absolute Gasteiger partial charge is 0.198 e. The molecular weight excluding hydrogens is 214 g/mol. The Bertz CT molecular complexity index is 469. The van der Waals surface area contributed by atoms with Crippen LogP contribution in [0.25, 0.3) is 0 Å². The molecule has 0 spiro atoms. The summed E-state index contributed by atoms with van der Waals surface area (Å²) in [6.07, 6.45) is 0.185. The summed E-state index contributed by atoms with van der Waals surface area (Å²) in [5.41, 5.74) is -2.99. The average molecular weight is 225 g/mol. The number of nitrogens with zero attached hydrogens (tertiary/aromatic N) is 5. The minimum absolute atomic E-state index is 0.0743. The summed E-state index contributed by atoms with van der Waals surface area (Å²) >= 11 is 0. The second kappa shape index (κ2) is 5.51. The van der Waals surface area contributed by atoms with Crippen molar-refractivity contribution in [1.82, 2.24) is 0 Å². The Morgan fingerprint density at radius 3 is 1.76 bits per heavy atom. The van der Waals surface area contributed by atoms with Crippen LogP contribution in [0.5, 0.6) is 0 Å². The van der Waals surface area contributed by atoms with Crippen LogP contribution in [0.3, 0.4) is 0 Å². The first-order chi connectivity index (χ1) is 7.95. The molecule has 0 saturated carbocycles. The van der Waals surface area contributed by atoms with E-state index >= 15 is 0 Å². The maximum absolute atomic E-state index is 9.19. The fourth-order valence-corrected chi connectivity index (χ4v) is 1.57. The Labute approximate surface area is 101 Å². The van der Waals surface area contributed by atoms with Gasteiger partial charge >= 0.3 is 0 Å². The Balaban J connectivity index is 5.64. The standard InChI is InChI=1S/C12H11N5/c1-11(2,7-15)12(8-16,9-17)10(6-14)4-3-5-13/h10H,3-4H2,1-2H3. The third kappa shape index (κ3) is 2.34. The highest BCUT2D eigenvalue weighted by molar-refractivity contribution is 5.30. The average Bonchev–Trinajstić information content (AvgIpc) is 2.34. The van der Waals surface area contributed by atoms with Gasteiger partial charge in [-0.25, -0.2) is 0 Å². The summed E-state index contributed by atoms with van der Waals surface area (Å²) in [5.74, 6) is -0.952. The number of nitriles is 5. The van der Waals surface area contributed by atoms with Crippen LogP contribution in [0.2, 0.25) is 0 Å². The number of hydrogen-bond acceptors (Lipinski definition) is 5. The van der Waals surface area contributed by atoms with Gasteiger partial charge in [0.2, 0.25) is 0 Å². The fourth-order valence-electron chi connectivity index (χ4n) is 1.57. The van der Waals surface area contributed by atoms with Crippen LogP contribution in [-0.4, -0.2) is 0 Å². The number of hydrogen-bond donors (Lipinski definition) is 0. The number of rotatable bonds is 4. The lowest BCUT2D eigenvalue weighted by Crippen LogP contribution is -2.40. The summed E-state index contributed by atoms with van der Waals surface area (Å²) in [6, 6.07) is 9.24. The van der Waals surface area contributed by atoms with Gasteiger partial charge in [0.1, 0.15) is 0 Å². The molecule has 5 heteroatoms. The zero-order valence-electron chi connectivity index (χ0n) is 9.73. The molecule has 0 radical (unpaired) electrons. The summed E-state index contributed by atoms with van der Waals surface area (Å²) in [4.78, 5) is 0. The van der Waals surface area contributed by atoms with Crippen molar-refractivity contribution in [2.24, 2.45) is 16.7 Å². The summed E-state index contributed by atoms with van der Waals surface area (Å²) in [6.45, 7) is 2.91. The zero-order valence-corrected chi connectivity index (χ0v) is 9.73. The van der Waals surface area contributed by atoms with Crippen molar-refractivity contribution in [2.75, 3.05) is 0 Å². The van der Waals surface area contributed by atoms with Gasteiger partial charge in [-0.05, 0) is 20.3 Å². The maximum atomic E-state index is 9.19. The summed E-state index contributed by atoms with van der Waals surface area (Å²) in [5, 5.41) is 44.9. The molecule has 0 aromatic carbocycles. The summed E-state index contributed by atoms with van der Waals surface area (Å²) in [7, 11) is 0. The van der Waals surface area contributed by atoms with Gasteiger partial charge in [0, 0.05) is 6.42 Å². The van der Waals surface area contributed by atoms with Gasteiger partial charge in [-0.2, -0.15) is 26.3 Å². The molecule has 0 aliphatic rings. The Morgan fingerprint density at radius 1 is 0.941 bits per heavy atom. The van der Waals surface area contributed by atoms with Crippen molar-refractivity contribution in [3.63, 3.8) is 0 Å². The molecule has 0 rings (SSSR count). The first-order valence-corrected chi connectivity index (χ1v) is 4.96. The highest BCUT2D eigenvalue weighted by atomic mass is 14.6. The highest BCUT2D eigenvalue weighted by Gasteiger charge is 2.52. The third-order valence-electron chi connectivity index (χ3n) is 2.84. The van der Waals surface area contributed by atoms with Crippen LogP contribution in [0.1, 0.15) is 26.7 Å². The fraction of sp³-hybridized carbons (Fsp3) is 0.583. The van der Waals surface area contributed by atoms with Crippen molar-refractivity contribution in [3.8, 4) is 30.3 Å². The lowest BCUT2D eigenvalue weighted by Gasteiger charge is -2.33. The van der Waals surface area contributed by atoms with Crippen molar-refractivity contribution in [1.29, 1.82) is 26.3 Å². The van der Waals surface area contributed by atoms with Gasteiger partial charge in [0.25, 0.3) is 0 Å². The second-order valence-corrected chi connectivity index (χ2v) is 4.15. The first-order valence-electron chi connectivity index (χ1n) is 4.96. The van der Waals surface area contributed by atoms with Gasteiger partial charge < -0.3 is 0 Å². The topological polar surface area (TPSA) is 119 Å². The van der Waals surface area contributed by atoms with Gasteiger partial charge in [-0.1, -0.05) is 0 Å². The normalized spacial score (nSPS) is 12.1. The third-order valence-corrected chi connectivity index (χ3v) is 2.84. The van der Waals surface area contributed by atoms with E-state index in [4.69, 9.17) is 15.8 Å². The molecule has 17 heavy (non-hydrogen) atoms. The smallest absolute Gasteiger partial charge is 0.177 e. The van der Waals surface area contributed by atoms with E-state index in [1.807, 2.05) is 18.2 Å². The van der Waals surface area contributed by atoms with Crippen LogP contribution in [0.4, 0.5) is 0 Å². The molecule has 0 aromatic heterocycles. The molecule has 1 unspecified atom stereocenters. The van der Waals surface area contributed by atoms with Crippen molar-refractivity contribution in [3.05, 3.63) is 0 Å². The predicted octanol–water partition coefficient (Wildman–Crippen LogP) is 2.01. The van der Waals surface area contributed by atoms with Gasteiger partial charge in [-0.3, -0.25) is 0 Å². The molecule has 0 heterocycles. The predicted molar refractivity (Wildman–Crippen MR) is 57.0 cm³/mol. The summed E-state index contributed by atoms with van der Waals surface area (Å²) < 4.78 is 0. The molecule has 84 valence electrons. The highest BCUT2D eigenvalue weighted by Crippen LogP contribution is 2.45. The van der Waals surface area contributed by atoms with E-state index in [2.05, 4.69) is 0 Å². The zero-order chi connectivity index (χ0) is 13.5. The SMILES string of the molecule is CC(C)(C#N)C(C#N)(C#N)C(C#N)CCC#N. The maximum Gasteiger partial charge on any atom is 0.177 e. The van der Waals surface area contributed by atoms with E-state index in [0.29, 0.717) is 0 Å². The van der Waals surface area contributed by atoms with Gasteiger partial charge in [-0.15, -0.1) is 0 Å². The quantitative estimate of drug-likeness (QED) is 0.724. The van der Waals surface area contributed by atoms with E-state index in [1.54, 1.807) is 12.1 Å². The van der Waals surface area contributed by atoms with Crippen LogP contribution >= 0.6 is 0 Å². The molecule has 0 aliphatic carbocycles. The van der Waals surface area contributed by atoms with Crippen molar-refractivity contribution >= 4 is 0 Å². The van der Waals surface area contributed by atoms with Crippen LogP contribution < -0.4 is 0 Å². The Morgan fingerprint density at radius 2 is 1.47 bits per heavy atom. The van der Waals surface area contributed by atoms with E-state index in [-0.39, 0.29) is 12.8 Å². The molecular formula is C12H11N5. The lowest BCUT2D eigenvalue weighted by atomic mass is 9.60. The second-order valence-electron chi connectivity index (χ2n) is 4.15. The van der Waals surface area contributed by atoms with Crippen molar-refractivity contribution < 1.29 is 0 Å². The molecule has 0 fully saturated rings. The molecule has 1 atom stereocenters. The first kappa shape index (κ1) is 14.5. The van der Waals surface area contributed by atoms with Crippen molar-refractivity contribution in [2.45, 2.75) is 26.7 Å². The minimum atomic E-state index is -1.71. The monoisotopic (exact) mass is 225 g/mol. The van der Waals surface area contributed by atoms with E-state index in [0.717, 1.165) is 0 Å². The minimum Gasteiger partial charge on any atom is -0.198 e. The molecule has 0 N–H and O–H groups in total.